The average molecular weight is 266 g/mol. The molecule has 1 aromatic heterocycles. The molecule has 13 heavy (non-hydrogen) atoms. The lowest BCUT2D eigenvalue weighted by molar-refractivity contribution is 0.597. The molecule has 0 spiro atoms. The summed E-state index contributed by atoms with van der Waals surface area (Å²) in [5, 5.41) is 0.368. The number of alkyl halides is 1. The number of nitrogens with two attached hydrogens (primary N) is 1. The number of sulfone groups is 1. The van der Waals surface area contributed by atoms with Crippen LogP contribution < -0.4 is 5.73 Å². The lowest BCUT2D eigenvalue weighted by Gasteiger charge is -2.03. The van der Waals surface area contributed by atoms with E-state index in [1.807, 2.05) is 0 Å². The summed E-state index contributed by atoms with van der Waals surface area (Å²) in [5.74, 6) is -0.0369. The summed E-state index contributed by atoms with van der Waals surface area (Å²) in [7, 11) is -3.33. The number of hydrogen-bond donors (Lipinski definition) is 1. The van der Waals surface area contributed by atoms with E-state index in [-0.39, 0.29) is 11.0 Å². The smallest absolute Gasteiger partial charge is 0.221 e. The summed E-state index contributed by atoms with van der Waals surface area (Å²) in [6, 6.07) is 0. The number of aromatic nitrogens is 2. The molecule has 0 aliphatic carbocycles. The van der Waals surface area contributed by atoms with Crippen LogP contribution >= 0.6 is 15.9 Å². The molecule has 0 saturated carbocycles. The quantitative estimate of drug-likeness (QED) is 0.617. The van der Waals surface area contributed by atoms with Crippen molar-refractivity contribution in [3.63, 3.8) is 0 Å². The van der Waals surface area contributed by atoms with Crippen LogP contribution in [-0.4, -0.2) is 24.6 Å². The summed E-state index contributed by atoms with van der Waals surface area (Å²) in [6.45, 7) is 0. The Morgan fingerprint density at radius 1 is 1.62 bits per heavy atom. The Hall–Kier alpha value is -0.690. The van der Waals surface area contributed by atoms with Crippen LogP contribution in [0.5, 0.6) is 0 Å². The third-order valence-electron chi connectivity index (χ3n) is 1.34. The first-order chi connectivity index (χ1) is 5.95. The highest BCUT2D eigenvalue weighted by atomic mass is 79.9. The molecule has 0 aliphatic rings. The van der Waals surface area contributed by atoms with Gasteiger partial charge in [-0.3, -0.25) is 0 Å². The SMILES string of the molecule is CS(=O)(=O)c1nc(N)ncc1CBr. The number of nitrogen functional groups attached to an aromatic ring is 1. The highest BCUT2D eigenvalue weighted by molar-refractivity contribution is 9.08. The predicted octanol–water partition coefficient (Wildman–Crippen LogP) is 0.357. The molecule has 2 N–H and O–H groups in total. The normalized spacial score (nSPS) is 11.5. The van der Waals surface area contributed by atoms with Crippen LogP contribution in [0.4, 0.5) is 5.95 Å². The number of hydrogen-bond acceptors (Lipinski definition) is 5. The molecule has 0 aliphatic heterocycles. The van der Waals surface area contributed by atoms with Gasteiger partial charge in [0.2, 0.25) is 5.95 Å². The van der Waals surface area contributed by atoms with Crippen molar-refractivity contribution in [2.75, 3.05) is 12.0 Å². The summed E-state index contributed by atoms with van der Waals surface area (Å²) in [4.78, 5) is 7.36. The van der Waals surface area contributed by atoms with E-state index < -0.39 is 9.84 Å². The Balaban J connectivity index is 3.41. The number of nitrogens with zero attached hydrogens (tertiary/aromatic N) is 2. The second kappa shape index (κ2) is 3.59. The molecular weight excluding hydrogens is 258 g/mol. The minimum atomic E-state index is -3.33. The predicted molar refractivity (Wildman–Crippen MR) is 52.2 cm³/mol. The molecule has 0 saturated heterocycles. The zero-order valence-electron chi connectivity index (χ0n) is 6.86. The van der Waals surface area contributed by atoms with Gasteiger partial charge in [0, 0.05) is 23.3 Å². The van der Waals surface area contributed by atoms with E-state index in [0.29, 0.717) is 10.9 Å². The van der Waals surface area contributed by atoms with Crippen molar-refractivity contribution in [2.24, 2.45) is 0 Å². The lowest BCUT2D eigenvalue weighted by Crippen LogP contribution is -2.08. The van der Waals surface area contributed by atoms with Crippen LogP contribution in [0.15, 0.2) is 11.2 Å². The lowest BCUT2D eigenvalue weighted by atomic mass is 10.4. The third kappa shape index (κ3) is 2.38. The van der Waals surface area contributed by atoms with Crippen LogP contribution in [0.25, 0.3) is 0 Å². The Morgan fingerprint density at radius 3 is 2.69 bits per heavy atom. The van der Waals surface area contributed by atoms with E-state index in [4.69, 9.17) is 5.73 Å². The molecule has 0 atom stereocenters. The Bertz CT molecular complexity index is 418. The van der Waals surface area contributed by atoms with Crippen LogP contribution in [0.2, 0.25) is 0 Å². The van der Waals surface area contributed by atoms with Crippen LogP contribution in [0.1, 0.15) is 5.56 Å². The topological polar surface area (TPSA) is 85.9 Å². The van der Waals surface area contributed by atoms with E-state index in [2.05, 4.69) is 25.9 Å². The van der Waals surface area contributed by atoms with Gasteiger partial charge in [0.25, 0.3) is 0 Å². The first-order valence-corrected chi connectivity index (χ1v) is 6.34. The van der Waals surface area contributed by atoms with Crippen molar-refractivity contribution in [3.05, 3.63) is 11.8 Å². The molecule has 0 bridgehead atoms. The molecular formula is C6H8BrN3O2S. The number of halogens is 1. The Labute approximate surface area is 84.4 Å². The second-order valence-electron chi connectivity index (χ2n) is 2.46. The molecule has 0 radical (unpaired) electrons. The molecule has 1 aromatic rings. The fraction of sp³-hybridized carbons (Fsp3) is 0.333. The summed E-state index contributed by atoms with van der Waals surface area (Å²) in [6.07, 6.45) is 2.48. The van der Waals surface area contributed by atoms with Crippen molar-refractivity contribution >= 4 is 31.7 Å². The van der Waals surface area contributed by atoms with Crippen molar-refractivity contribution in [1.29, 1.82) is 0 Å². The summed E-state index contributed by atoms with van der Waals surface area (Å²) < 4.78 is 22.4. The molecule has 1 rings (SSSR count). The van der Waals surface area contributed by atoms with Gasteiger partial charge in [-0.1, -0.05) is 15.9 Å². The largest absolute Gasteiger partial charge is 0.368 e. The minimum Gasteiger partial charge on any atom is -0.368 e. The minimum absolute atomic E-state index is 0.0168. The maximum Gasteiger partial charge on any atom is 0.221 e. The van der Waals surface area contributed by atoms with Gasteiger partial charge in [0.15, 0.2) is 14.9 Å². The van der Waals surface area contributed by atoms with Gasteiger partial charge >= 0.3 is 0 Å². The summed E-state index contributed by atoms with van der Waals surface area (Å²) >= 11 is 3.14. The molecule has 7 heteroatoms. The fourth-order valence-corrected chi connectivity index (χ4v) is 2.27. The van der Waals surface area contributed by atoms with Gasteiger partial charge in [-0.2, -0.15) is 0 Å². The highest BCUT2D eigenvalue weighted by Crippen LogP contribution is 2.15. The van der Waals surface area contributed by atoms with Crippen LogP contribution in [0, 0.1) is 0 Å². The van der Waals surface area contributed by atoms with E-state index in [0.717, 1.165) is 6.26 Å². The molecule has 1 heterocycles. The monoisotopic (exact) mass is 265 g/mol. The van der Waals surface area contributed by atoms with E-state index in [9.17, 15) is 8.42 Å². The zero-order chi connectivity index (χ0) is 10.1. The molecule has 0 aromatic carbocycles. The highest BCUT2D eigenvalue weighted by Gasteiger charge is 2.15. The van der Waals surface area contributed by atoms with Gasteiger partial charge < -0.3 is 5.73 Å². The number of rotatable bonds is 2. The van der Waals surface area contributed by atoms with Crippen molar-refractivity contribution in [1.82, 2.24) is 9.97 Å². The number of anilines is 1. The second-order valence-corrected chi connectivity index (χ2v) is 4.96. The van der Waals surface area contributed by atoms with Crippen LogP contribution in [-0.2, 0) is 15.2 Å². The zero-order valence-corrected chi connectivity index (χ0v) is 9.26. The average Bonchev–Trinajstić information content (AvgIpc) is 2.03. The Morgan fingerprint density at radius 2 is 2.23 bits per heavy atom. The van der Waals surface area contributed by atoms with Gasteiger partial charge in [-0.15, -0.1) is 0 Å². The van der Waals surface area contributed by atoms with Crippen LogP contribution in [0.3, 0.4) is 0 Å². The van der Waals surface area contributed by atoms with Gasteiger partial charge in [0.1, 0.15) is 0 Å². The van der Waals surface area contributed by atoms with E-state index in [1.165, 1.54) is 6.20 Å². The first-order valence-electron chi connectivity index (χ1n) is 3.32. The first kappa shape index (κ1) is 10.4. The third-order valence-corrected chi connectivity index (χ3v) is 3.00. The van der Waals surface area contributed by atoms with E-state index in [1.54, 1.807) is 0 Å². The Kier molecular flexibility index (Phi) is 2.87. The molecule has 0 unspecified atom stereocenters. The molecule has 5 nitrogen and oxygen atoms in total. The van der Waals surface area contributed by atoms with Gasteiger partial charge in [0.05, 0.1) is 0 Å². The van der Waals surface area contributed by atoms with Crippen molar-refractivity contribution in [2.45, 2.75) is 10.4 Å². The van der Waals surface area contributed by atoms with Gasteiger partial charge in [-0.05, 0) is 0 Å². The van der Waals surface area contributed by atoms with E-state index >= 15 is 0 Å². The molecule has 0 fully saturated rings. The van der Waals surface area contributed by atoms with Crippen molar-refractivity contribution in [3.8, 4) is 0 Å². The summed E-state index contributed by atoms with van der Waals surface area (Å²) in [5.41, 5.74) is 5.79. The maximum atomic E-state index is 11.2. The molecule has 0 amide bonds. The molecule has 72 valence electrons. The standard InChI is InChI=1S/C6H8BrN3O2S/c1-13(11,12)5-4(2-7)3-9-6(8)10-5/h3H,2H2,1H3,(H2,8,9,10). The van der Waals surface area contributed by atoms with Gasteiger partial charge in [-0.25, -0.2) is 18.4 Å². The fourth-order valence-electron chi connectivity index (χ4n) is 0.817. The van der Waals surface area contributed by atoms with Crippen molar-refractivity contribution < 1.29 is 8.42 Å². The maximum absolute atomic E-state index is 11.2.